The number of carbonyl (C=O) groups excluding carboxylic acids is 1. The molecule has 8 heteroatoms. The number of nitrogens with zero attached hydrogens (tertiary/aromatic N) is 5. The van der Waals surface area contributed by atoms with Crippen LogP contribution in [0.15, 0.2) is 53.3 Å². The second-order valence-corrected chi connectivity index (χ2v) is 6.96. The number of amides is 1. The Bertz CT molecular complexity index is 930. The van der Waals surface area contributed by atoms with E-state index in [4.69, 9.17) is 4.52 Å². The van der Waals surface area contributed by atoms with Gasteiger partial charge in [0.05, 0.1) is 0 Å². The lowest BCUT2D eigenvalue weighted by atomic mass is 10.2. The maximum Gasteiger partial charge on any atom is 0.227 e. The highest BCUT2D eigenvalue weighted by Crippen LogP contribution is 2.16. The minimum Gasteiger partial charge on any atom is -0.339 e. The molecule has 0 bridgehead atoms. The van der Waals surface area contributed by atoms with E-state index in [1.165, 1.54) is 6.07 Å². The Morgan fingerprint density at radius 1 is 1.10 bits per heavy atom. The van der Waals surface area contributed by atoms with Gasteiger partial charge in [0.2, 0.25) is 17.6 Å². The van der Waals surface area contributed by atoms with Crippen molar-refractivity contribution in [2.45, 2.75) is 19.4 Å². The lowest BCUT2D eigenvalue weighted by Crippen LogP contribution is -2.36. The number of hydrogen-bond donors (Lipinski definition) is 0. The Labute approximate surface area is 169 Å². The van der Waals surface area contributed by atoms with Crippen LogP contribution in [-0.4, -0.2) is 58.0 Å². The zero-order chi connectivity index (χ0) is 20.6. The number of benzene rings is 1. The van der Waals surface area contributed by atoms with Crippen LogP contribution in [0.2, 0.25) is 0 Å². The summed E-state index contributed by atoms with van der Waals surface area (Å²) in [5, 5.41) is 3.95. The number of likely N-dealkylation sites (N-methyl/N-ethyl adjacent to an activating group) is 1. The second kappa shape index (κ2) is 9.88. The molecule has 152 valence electrons. The largest absolute Gasteiger partial charge is 0.339 e. The van der Waals surface area contributed by atoms with E-state index in [-0.39, 0.29) is 24.7 Å². The first-order chi connectivity index (χ1) is 14.0. The number of hydrogen-bond acceptors (Lipinski definition) is 6. The highest BCUT2D eigenvalue weighted by molar-refractivity contribution is 5.76. The second-order valence-electron chi connectivity index (χ2n) is 6.96. The molecule has 2 heterocycles. The van der Waals surface area contributed by atoms with Crippen LogP contribution in [0.1, 0.15) is 17.9 Å². The summed E-state index contributed by atoms with van der Waals surface area (Å²) in [7, 11) is 3.87. The van der Waals surface area contributed by atoms with Gasteiger partial charge in [-0.1, -0.05) is 23.4 Å². The van der Waals surface area contributed by atoms with E-state index >= 15 is 0 Å². The van der Waals surface area contributed by atoms with Crippen molar-refractivity contribution in [3.63, 3.8) is 0 Å². The van der Waals surface area contributed by atoms with Gasteiger partial charge < -0.3 is 14.3 Å². The number of carbonyl (C=O) groups is 1. The lowest BCUT2D eigenvalue weighted by molar-refractivity contribution is -0.132. The van der Waals surface area contributed by atoms with Crippen LogP contribution >= 0.6 is 0 Å². The third-order valence-corrected chi connectivity index (χ3v) is 4.45. The molecule has 0 radical (unpaired) electrons. The van der Waals surface area contributed by atoms with E-state index in [1.54, 1.807) is 47.6 Å². The molecule has 2 aromatic heterocycles. The Morgan fingerprint density at radius 3 is 2.59 bits per heavy atom. The van der Waals surface area contributed by atoms with Crippen molar-refractivity contribution in [2.75, 3.05) is 27.2 Å². The van der Waals surface area contributed by atoms with Gasteiger partial charge in [0.1, 0.15) is 5.82 Å². The van der Waals surface area contributed by atoms with Crippen molar-refractivity contribution in [3.05, 3.63) is 66.1 Å². The summed E-state index contributed by atoms with van der Waals surface area (Å²) in [5.74, 6) is 0.460. The van der Waals surface area contributed by atoms with Crippen LogP contribution in [0, 0.1) is 5.82 Å². The summed E-state index contributed by atoms with van der Waals surface area (Å²) < 4.78 is 19.3. The lowest BCUT2D eigenvalue weighted by Gasteiger charge is -2.24. The van der Waals surface area contributed by atoms with Crippen LogP contribution < -0.4 is 0 Å². The molecule has 0 saturated heterocycles. The first-order valence-corrected chi connectivity index (χ1v) is 9.42. The van der Waals surface area contributed by atoms with E-state index in [1.807, 2.05) is 19.0 Å². The minimum absolute atomic E-state index is 0.0845. The first-order valence-electron chi connectivity index (χ1n) is 9.42. The highest BCUT2D eigenvalue weighted by atomic mass is 19.1. The number of rotatable bonds is 9. The molecule has 0 atom stereocenters. The molecule has 0 spiro atoms. The topological polar surface area (TPSA) is 75.4 Å². The summed E-state index contributed by atoms with van der Waals surface area (Å²) in [5.41, 5.74) is 1.30. The van der Waals surface area contributed by atoms with Crippen molar-refractivity contribution < 1.29 is 13.7 Å². The van der Waals surface area contributed by atoms with Crippen LogP contribution in [-0.2, 0) is 17.8 Å². The SMILES string of the molecule is CN(C)CCN(Cc1ccccc1F)C(=O)CCc1nc(-c2ccncc2)no1. The molecular formula is C21H24FN5O2. The standard InChI is InChI=1S/C21H24FN5O2/c1-26(2)13-14-27(15-17-5-3-4-6-18(17)22)20(28)8-7-19-24-21(25-29-19)16-9-11-23-12-10-16/h3-6,9-12H,7-8,13-15H2,1-2H3. The molecule has 0 aliphatic heterocycles. The van der Waals surface area contributed by atoms with Gasteiger partial charge in [-0.2, -0.15) is 4.98 Å². The fourth-order valence-corrected chi connectivity index (χ4v) is 2.79. The van der Waals surface area contributed by atoms with Crippen molar-refractivity contribution in [1.82, 2.24) is 24.9 Å². The normalized spacial score (nSPS) is 11.0. The van der Waals surface area contributed by atoms with Gasteiger partial charge in [-0.15, -0.1) is 0 Å². The molecule has 3 rings (SSSR count). The van der Waals surface area contributed by atoms with Crippen molar-refractivity contribution >= 4 is 5.91 Å². The quantitative estimate of drug-likeness (QED) is 0.553. The van der Waals surface area contributed by atoms with E-state index in [9.17, 15) is 9.18 Å². The fraction of sp³-hybridized carbons (Fsp3) is 0.333. The molecule has 0 N–H and O–H groups in total. The first kappa shape index (κ1) is 20.6. The maximum atomic E-state index is 14.0. The predicted molar refractivity (Wildman–Crippen MR) is 106 cm³/mol. The van der Waals surface area contributed by atoms with Crippen LogP contribution in [0.25, 0.3) is 11.4 Å². The molecule has 3 aromatic rings. The summed E-state index contributed by atoms with van der Waals surface area (Å²) in [6, 6.07) is 10.1. The molecule has 0 aliphatic carbocycles. The monoisotopic (exact) mass is 397 g/mol. The Morgan fingerprint density at radius 2 is 1.86 bits per heavy atom. The van der Waals surface area contributed by atoms with Crippen LogP contribution in [0.4, 0.5) is 4.39 Å². The summed E-state index contributed by atoms with van der Waals surface area (Å²) >= 11 is 0. The number of aryl methyl sites for hydroxylation is 1. The molecule has 0 aliphatic rings. The van der Waals surface area contributed by atoms with Crippen LogP contribution in [0.3, 0.4) is 0 Å². The van der Waals surface area contributed by atoms with Gasteiger partial charge in [-0.05, 0) is 32.3 Å². The molecule has 7 nitrogen and oxygen atoms in total. The average molecular weight is 397 g/mol. The zero-order valence-electron chi connectivity index (χ0n) is 16.6. The number of halogens is 1. The smallest absolute Gasteiger partial charge is 0.227 e. The number of aromatic nitrogens is 3. The van der Waals surface area contributed by atoms with Crippen molar-refractivity contribution in [3.8, 4) is 11.4 Å². The van der Waals surface area contributed by atoms with Gasteiger partial charge >= 0.3 is 0 Å². The van der Waals surface area contributed by atoms with Crippen molar-refractivity contribution in [2.24, 2.45) is 0 Å². The Hall–Kier alpha value is -3.13. The van der Waals surface area contributed by atoms with Crippen molar-refractivity contribution in [1.29, 1.82) is 0 Å². The maximum absolute atomic E-state index is 14.0. The Kier molecular flexibility index (Phi) is 7.02. The Balaban J connectivity index is 1.63. The molecule has 0 saturated carbocycles. The third-order valence-electron chi connectivity index (χ3n) is 4.45. The fourth-order valence-electron chi connectivity index (χ4n) is 2.79. The van der Waals surface area contributed by atoms with Gasteiger partial charge in [-0.25, -0.2) is 4.39 Å². The summed E-state index contributed by atoms with van der Waals surface area (Å²) in [4.78, 5) is 24.8. The van der Waals surface area contributed by atoms with E-state index < -0.39 is 0 Å². The van der Waals surface area contributed by atoms with Crippen LogP contribution in [0.5, 0.6) is 0 Å². The number of pyridine rings is 1. The van der Waals surface area contributed by atoms with Gasteiger partial charge in [0.15, 0.2) is 0 Å². The van der Waals surface area contributed by atoms with E-state index in [2.05, 4.69) is 15.1 Å². The molecular weight excluding hydrogens is 373 g/mol. The predicted octanol–water partition coefficient (Wildman–Crippen LogP) is 2.79. The van der Waals surface area contributed by atoms with Gasteiger partial charge in [0, 0.05) is 56.0 Å². The van der Waals surface area contributed by atoms with E-state index in [0.717, 1.165) is 5.56 Å². The summed E-state index contributed by atoms with van der Waals surface area (Å²) in [6.07, 6.45) is 3.84. The zero-order valence-corrected chi connectivity index (χ0v) is 16.6. The average Bonchev–Trinajstić information content (AvgIpc) is 3.20. The molecule has 1 aromatic carbocycles. The minimum atomic E-state index is -0.311. The molecule has 29 heavy (non-hydrogen) atoms. The van der Waals surface area contributed by atoms with Gasteiger partial charge in [-0.3, -0.25) is 9.78 Å². The highest BCUT2D eigenvalue weighted by Gasteiger charge is 2.18. The third kappa shape index (κ3) is 5.92. The molecule has 0 fully saturated rings. The molecule has 0 unspecified atom stereocenters. The summed E-state index contributed by atoms with van der Waals surface area (Å²) in [6.45, 7) is 1.42. The van der Waals surface area contributed by atoms with Gasteiger partial charge in [0.25, 0.3) is 0 Å². The van der Waals surface area contributed by atoms with E-state index in [0.29, 0.717) is 36.8 Å². The molecule has 1 amide bonds.